The number of alkyl halides is 2. The van der Waals surface area contributed by atoms with Crippen LogP contribution < -0.4 is 16.0 Å². The van der Waals surface area contributed by atoms with E-state index in [2.05, 4.69) is 38.1 Å². The number of benzene rings is 2. The summed E-state index contributed by atoms with van der Waals surface area (Å²) in [6.07, 6.45) is 1.64. The molecule has 4 amide bonds. The van der Waals surface area contributed by atoms with Crippen LogP contribution in [-0.4, -0.2) is 87.4 Å². The number of nitrogens with zero attached hydrogens (tertiary/aromatic N) is 4. The van der Waals surface area contributed by atoms with E-state index in [1.807, 2.05) is 61.2 Å². The molecule has 1 saturated heterocycles. The van der Waals surface area contributed by atoms with Crippen molar-refractivity contribution in [3.8, 4) is 0 Å². The van der Waals surface area contributed by atoms with Crippen LogP contribution in [-0.2, 0) is 33.9 Å². The number of piperazine rings is 1. The average Bonchev–Trinajstić information content (AvgIpc) is 3.65. The van der Waals surface area contributed by atoms with Gasteiger partial charge in [0.05, 0.1) is 0 Å². The van der Waals surface area contributed by atoms with Gasteiger partial charge in [-0.2, -0.15) is 5.10 Å². The first-order chi connectivity index (χ1) is 24.9. The summed E-state index contributed by atoms with van der Waals surface area (Å²) in [7, 11) is 0. The molecule has 2 atom stereocenters. The lowest BCUT2D eigenvalue weighted by atomic mass is 9.81. The van der Waals surface area contributed by atoms with Crippen molar-refractivity contribution in [3.05, 3.63) is 89.2 Å². The van der Waals surface area contributed by atoms with Gasteiger partial charge in [0.15, 0.2) is 0 Å². The lowest BCUT2D eigenvalue weighted by Gasteiger charge is -2.36. The van der Waals surface area contributed by atoms with E-state index < -0.39 is 35.7 Å². The molecule has 2 unspecified atom stereocenters. The molecule has 1 aromatic heterocycles. The number of hydrogen-bond acceptors (Lipinski definition) is 6. The molecule has 0 spiro atoms. The van der Waals surface area contributed by atoms with E-state index in [1.165, 1.54) is 11.8 Å². The number of rotatable bonds is 14. The summed E-state index contributed by atoms with van der Waals surface area (Å²) in [6, 6.07) is 17.4. The first-order valence-electron chi connectivity index (χ1n) is 18.3. The van der Waals surface area contributed by atoms with Gasteiger partial charge < -0.3 is 20.9 Å². The average molecular weight is 720 g/mol. The van der Waals surface area contributed by atoms with E-state index in [1.54, 1.807) is 17.7 Å². The Bertz CT molecular complexity index is 1650. The van der Waals surface area contributed by atoms with Crippen molar-refractivity contribution in [2.45, 2.75) is 96.4 Å². The van der Waals surface area contributed by atoms with Crippen molar-refractivity contribution < 1.29 is 28.0 Å². The number of halogens is 2. The van der Waals surface area contributed by atoms with E-state index >= 15 is 0 Å². The zero-order valence-corrected chi connectivity index (χ0v) is 30.3. The third kappa shape index (κ3) is 10.5. The minimum atomic E-state index is -2.78. The van der Waals surface area contributed by atoms with Crippen LogP contribution in [0, 0.1) is 5.92 Å². The topological polar surface area (TPSA) is 129 Å². The van der Waals surface area contributed by atoms with Gasteiger partial charge in [-0.05, 0) is 55.4 Å². The fourth-order valence-corrected chi connectivity index (χ4v) is 6.93. The highest BCUT2D eigenvalue weighted by molar-refractivity contribution is 5.96. The molecule has 1 saturated carbocycles. The maximum atomic E-state index is 14.0. The lowest BCUT2D eigenvalue weighted by molar-refractivity contribution is -0.138. The summed E-state index contributed by atoms with van der Waals surface area (Å²) in [6.45, 7) is 9.15. The summed E-state index contributed by atoms with van der Waals surface area (Å²) < 4.78 is 29.6. The summed E-state index contributed by atoms with van der Waals surface area (Å²) in [4.78, 5) is 57.1. The molecule has 0 radical (unpaired) electrons. The van der Waals surface area contributed by atoms with E-state index in [4.69, 9.17) is 0 Å². The number of hydrogen-bond donors (Lipinski definition) is 3. The second-order valence-electron chi connectivity index (χ2n) is 14.2. The molecular weight excluding hydrogens is 668 g/mol. The highest BCUT2D eigenvalue weighted by Gasteiger charge is 2.40. The first kappa shape index (κ1) is 38.6. The highest BCUT2D eigenvalue weighted by atomic mass is 19.3. The number of aromatic nitrogens is 2. The molecule has 2 heterocycles. The first-order valence-corrected chi connectivity index (χ1v) is 18.3. The Labute approximate surface area is 304 Å². The Morgan fingerprint density at radius 1 is 0.865 bits per heavy atom. The predicted molar refractivity (Wildman–Crippen MR) is 193 cm³/mol. The van der Waals surface area contributed by atoms with Crippen molar-refractivity contribution in [2.24, 2.45) is 5.92 Å². The second-order valence-corrected chi connectivity index (χ2v) is 14.2. The zero-order valence-electron chi connectivity index (χ0n) is 30.3. The van der Waals surface area contributed by atoms with Gasteiger partial charge in [0, 0.05) is 77.2 Å². The SMILES string of the molecule is CCC(=O)NC(Cc1ccc(CNC(=O)C(NC(=O)c2ccnn2C(C)C)C2CCC(F)(F)CC2)cc1)C(=O)N1CCN(Cc2ccccc2)CC1. The quantitative estimate of drug-likeness (QED) is 0.226. The molecule has 52 heavy (non-hydrogen) atoms. The molecule has 3 N–H and O–H groups in total. The fraction of sp³-hybridized carbons (Fsp3) is 0.513. The van der Waals surface area contributed by atoms with Gasteiger partial charge in [-0.1, -0.05) is 61.5 Å². The molecule has 0 bridgehead atoms. The van der Waals surface area contributed by atoms with Crippen LogP contribution in [0.3, 0.4) is 0 Å². The Hall–Kier alpha value is -4.65. The monoisotopic (exact) mass is 719 g/mol. The molecule has 2 aliphatic rings. The van der Waals surface area contributed by atoms with Gasteiger partial charge in [-0.3, -0.25) is 28.8 Å². The third-order valence-electron chi connectivity index (χ3n) is 10.0. The lowest BCUT2D eigenvalue weighted by Crippen LogP contribution is -2.55. The van der Waals surface area contributed by atoms with Crippen molar-refractivity contribution >= 4 is 23.6 Å². The van der Waals surface area contributed by atoms with Gasteiger partial charge in [0.25, 0.3) is 5.91 Å². The molecule has 13 heteroatoms. The van der Waals surface area contributed by atoms with Crippen molar-refractivity contribution in [1.82, 2.24) is 35.5 Å². The summed E-state index contributed by atoms with van der Waals surface area (Å²) in [5.41, 5.74) is 3.15. The van der Waals surface area contributed by atoms with Gasteiger partial charge in [0.2, 0.25) is 23.6 Å². The van der Waals surface area contributed by atoms with Gasteiger partial charge in [0.1, 0.15) is 17.8 Å². The smallest absolute Gasteiger partial charge is 0.270 e. The van der Waals surface area contributed by atoms with Crippen LogP contribution in [0.4, 0.5) is 8.78 Å². The number of nitrogens with one attached hydrogen (secondary N) is 3. The zero-order chi connectivity index (χ0) is 37.3. The van der Waals surface area contributed by atoms with E-state index in [0.717, 1.165) is 30.8 Å². The Morgan fingerprint density at radius 2 is 1.52 bits per heavy atom. The second kappa shape index (κ2) is 17.7. The standard InChI is InChI=1S/C39H51F2N7O4/c1-4-34(49)44-32(38(52)47-22-20-46(21-23-47)26-30-8-6-5-7-9-30)24-28-10-12-29(13-11-28)25-42-37(51)35(31-14-17-39(40,41)18-15-31)45-36(50)33-16-19-43-48(33)27(2)3/h5-13,16,19,27,31-32,35H,4,14-15,17-18,20-26H2,1-3H3,(H,42,51)(H,44,49)(H,45,50). The van der Waals surface area contributed by atoms with Gasteiger partial charge in [-0.25, -0.2) is 8.78 Å². The molecular formula is C39H51F2N7O4. The maximum absolute atomic E-state index is 14.0. The number of carbonyl (C=O) groups excluding carboxylic acids is 4. The summed E-state index contributed by atoms with van der Waals surface area (Å²) in [5.74, 6) is -4.46. The minimum absolute atomic E-state index is 0.0865. The molecule has 2 fully saturated rings. The largest absolute Gasteiger partial charge is 0.350 e. The minimum Gasteiger partial charge on any atom is -0.350 e. The van der Waals surface area contributed by atoms with Crippen molar-refractivity contribution in [1.29, 1.82) is 0 Å². The maximum Gasteiger partial charge on any atom is 0.270 e. The molecule has 280 valence electrons. The number of amides is 4. The molecule has 2 aromatic carbocycles. The molecule has 1 aliphatic heterocycles. The van der Waals surface area contributed by atoms with E-state index in [0.29, 0.717) is 25.2 Å². The highest BCUT2D eigenvalue weighted by Crippen LogP contribution is 2.37. The van der Waals surface area contributed by atoms with Gasteiger partial charge in [-0.15, -0.1) is 0 Å². The van der Waals surface area contributed by atoms with E-state index in [-0.39, 0.29) is 56.5 Å². The molecule has 11 nitrogen and oxygen atoms in total. The van der Waals surface area contributed by atoms with Crippen LogP contribution in [0.15, 0.2) is 66.9 Å². The molecule has 3 aromatic rings. The Morgan fingerprint density at radius 3 is 2.15 bits per heavy atom. The van der Waals surface area contributed by atoms with Crippen LogP contribution in [0.1, 0.15) is 86.1 Å². The third-order valence-corrected chi connectivity index (χ3v) is 10.0. The van der Waals surface area contributed by atoms with Crippen molar-refractivity contribution in [3.63, 3.8) is 0 Å². The van der Waals surface area contributed by atoms with E-state index in [9.17, 15) is 28.0 Å². The summed E-state index contributed by atoms with van der Waals surface area (Å²) >= 11 is 0. The molecule has 5 rings (SSSR count). The van der Waals surface area contributed by atoms with Gasteiger partial charge >= 0.3 is 0 Å². The summed E-state index contributed by atoms with van der Waals surface area (Å²) in [5, 5.41) is 12.8. The van der Waals surface area contributed by atoms with Crippen LogP contribution in [0.2, 0.25) is 0 Å². The van der Waals surface area contributed by atoms with Crippen LogP contribution in [0.25, 0.3) is 0 Å². The number of carbonyl (C=O) groups is 4. The Kier molecular flexibility index (Phi) is 13.1. The fourth-order valence-electron chi connectivity index (χ4n) is 6.93. The van der Waals surface area contributed by atoms with Crippen LogP contribution >= 0.6 is 0 Å². The van der Waals surface area contributed by atoms with Crippen LogP contribution in [0.5, 0.6) is 0 Å². The predicted octanol–water partition coefficient (Wildman–Crippen LogP) is 4.49. The normalized spacial score (nSPS) is 17.7. The Balaban J connectivity index is 1.19. The molecule has 1 aliphatic carbocycles. The van der Waals surface area contributed by atoms with Crippen molar-refractivity contribution in [2.75, 3.05) is 26.2 Å².